The molecule has 4 heteroatoms. The molecule has 0 spiro atoms. The van der Waals surface area contributed by atoms with Crippen molar-refractivity contribution in [3.05, 3.63) is 29.8 Å². The van der Waals surface area contributed by atoms with Gasteiger partial charge in [-0.05, 0) is 5.46 Å². The monoisotopic (exact) mass is 146 g/mol. The van der Waals surface area contributed by atoms with E-state index in [1.165, 1.54) is 0 Å². The lowest BCUT2D eigenvalue weighted by Gasteiger charge is -1.99. The van der Waals surface area contributed by atoms with Gasteiger partial charge in [-0.25, -0.2) is 0 Å². The second kappa shape index (κ2) is 3.60. The van der Waals surface area contributed by atoms with E-state index < -0.39 is 7.12 Å². The minimum Gasteiger partial charge on any atom is -0.423 e. The van der Waals surface area contributed by atoms with Gasteiger partial charge in [0.2, 0.25) is 0 Å². The Morgan fingerprint density at radius 2 is 1.73 bits per heavy atom. The molecule has 2 radical (unpaired) electrons. The summed E-state index contributed by atoms with van der Waals surface area (Å²) >= 11 is 0. The minimum atomic E-state index is -1.39. The highest BCUT2D eigenvalue weighted by Gasteiger charge is 2.08. The smallest absolute Gasteiger partial charge is 0.423 e. The number of rotatable bonds is 2. The van der Waals surface area contributed by atoms with Gasteiger partial charge in [0.1, 0.15) is 0 Å². The van der Waals surface area contributed by atoms with Gasteiger partial charge in [-0.1, -0.05) is 36.1 Å². The normalized spacial score (nSPS) is 9.64. The molecule has 0 fully saturated rings. The molecule has 0 aliphatic carbocycles. The van der Waals surface area contributed by atoms with Gasteiger partial charge in [0.25, 0.3) is 0 Å². The molecule has 0 aromatic heterocycles. The standard InChI is InChI=1S/C7H8B2O2/c8-5-6-1-3-7(4-2-6)9(10)11/h1-4,10-11H,5H2. The summed E-state index contributed by atoms with van der Waals surface area (Å²) in [5, 5.41) is 17.4. The summed E-state index contributed by atoms with van der Waals surface area (Å²) < 4.78 is 0. The summed E-state index contributed by atoms with van der Waals surface area (Å²) in [7, 11) is 3.96. The first-order chi connectivity index (χ1) is 5.24. The molecule has 1 aromatic carbocycles. The lowest BCUT2D eigenvalue weighted by molar-refractivity contribution is 0.426. The molecule has 54 valence electrons. The quantitative estimate of drug-likeness (QED) is 0.527. The van der Waals surface area contributed by atoms with Crippen molar-refractivity contribution in [2.75, 3.05) is 0 Å². The van der Waals surface area contributed by atoms with Gasteiger partial charge in [-0.3, -0.25) is 0 Å². The Labute approximate surface area is 67.4 Å². The van der Waals surface area contributed by atoms with Crippen LogP contribution in [0, 0.1) is 0 Å². The third-order valence-corrected chi connectivity index (χ3v) is 1.51. The van der Waals surface area contributed by atoms with Crippen LogP contribution in [0.2, 0.25) is 0 Å². The first-order valence-corrected chi connectivity index (χ1v) is 3.39. The topological polar surface area (TPSA) is 40.5 Å². The molecule has 2 N–H and O–H groups in total. The van der Waals surface area contributed by atoms with Crippen LogP contribution in [0.3, 0.4) is 0 Å². The third kappa shape index (κ3) is 2.10. The van der Waals surface area contributed by atoms with Crippen molar-refractivity contribution in [3.63, 3.8) is 0 Å². The van der Waals surface area contributed by atoms with Gasteiger partial charge in [0.05, 0.1) is 7.85 Å². The molecule has 1 rings (SSSR count). The Kier molecular flexibility index (Phi) is 2.74. The maximum atomic E-state index is 8.71. The fourth-order valence-corrected chi connectivity index (χ4v) is 0.826. The van der Waals surface area contributed by atoms with Crippen LogP contribution in [0.1, 0.15) is 5.56 Å². The molecule has 0 amide bonds. The Bertz CT molecular complexity index is 220. The molecule has 0 bridgehead atoms. The van der Waals surface area contributed by atoms with Crippen molar-refractivity contribution < 1.29 is 10.0 Å². The van der Waals surface area contributed by atoms with Gasteiger partial charge in [-0.2, -0.15) is 0 Å². The highest BCUT2D eigenvalue weighted by molar-refractivity contribution is 6.58. The van der Waals surface area contributed by atoms with Gasteiger partial charge in [0.15, 0.2) is 0 Å². The molecule has 0 unspecified atom stereocenters. The van der Waals surface area contributed by atoms with Crippen LogP contribution in [0.4, 0.5) is 0 Å². The van der Waals surface area contributed by atoms with Crippen molar-refractivity contribution in [2.45, 2.75) is 6.32 Å². The largest absolute Gasteiger partial charge is 0.488 e. The fraction of sp³-hybridized carbons (Fsp3) is 0.143. The fourth-order valence-electron chi connectivity index (χ4n) is 0.826. The molecule has 0 heterocycles. The van der Waals surface area contributed by atoms with Crippen molar-refractivity contribution in [1.29, 1.82) is 0 Å². The average molecular weight is 146 g/mol. The molecular formula is C7H8B2O2. The van der Waals surface area contributed by atoms with Crippen LogP contribution < -0.4 is 5.46 Å². The number of benzene rings is 1. The average Bonchev–Trinajstić information content (AvgIpc) is 2.05. The van der Waals surface area contributed by atoms with Crippen LogP contribution >= 0.6 is 0 Å². The second-order valence-corrected chi connectivity index (χ2v) is 2.32. The molecule has 1 aromatic rings. The maximum Gasteiger partial charge on any atom is 0.488 e. The predicted molar refractivity (Wildman–Crippen MR) is 45.7 cm³/mol. The molecule has 11 heavy (non-hydrogen) atoms. The summed E-state index contributed by atoms with van der Waals surface area (Å²) in [4.78, 5) is 0. The molecule has 2 nitrogen and oxygen atoms in total. The lowest BCUT2D eigenvalue weighted by atomic mass is 9.79. The summed E-state index contributed by atoms with van der Waals surface area (Å²) in [6, 6.07) is 6.84. The molecular weight excluding hydrogens is 138 g/mol. The van der Waals surface area contributed by atoms with Crippen LogP contribution in [0.25, 0.3) is 0 Å². The molecule has 0 aliphatic heterocycles. The van der Waals surface area contributed by atoms with Gasteiger partial charge in [-0.15, -0.1) is 0 Å². The van der Waals surface area contributed by atoms with Crippen molar-refractivity contribution in [1.82, 2.24) is 0 Å². The molecule has 0 atom stereocenters. The van der Waals surface area contributed by atoms with E-state index in [0.717, 1.165) is 5.56 Å². The van der Waals surface area contributed by atoms with E-state index in [9.17, 15) is 0 Å². The van der Waals surface area contributed by atoms with E-state index in [0.29, 0.717) is 11.8 Å². The summed E-state index contributed by atoms with van der Waals surface area (Å²) in [6.45, 7) is 0. The van der Waals surface area contributed by atoms with Crippen molar-refractivity contribution in [3.8, 4) is 0 Å². The van der Waals surface area contributed by atoms with E-state index in [2.05, 4.69) is 0 Å². The number of hydrogen-bond donors (Lipinski definition) is 2. The van der Waals surface area contributed by atoms with Gasteiger partial charge >= 0.3 is 7.12 Å². The molecule has 0 saturated carbocycles. The minimum absolute atomic E-state index is 0.474. The first-order valence-electron chi connectivity index (χ1n) is 3.39. The zero-order valence-electron chi connectivity index (χ0n) is 6.07. The zero-order chi connectivity index (χ0) is 8.27. The first kappa shape index (κ1) is 8.37. The SMILES string of the molecule is [B]Cc1ccc(B(O)O)cc1. The Morgan fingerprint density at radius 3 is 2.09 bits per heavy atom. The Morgan fingerprint density at radius 1 is 1.18 bits per heavy atom. The Hall–Kier alpha value is -0.730. The lowest BCUT2D eigenvalue weighted by Crippen LogP contribution is -2.29. The van der Waals surface area contributed by atoms with Crippen LogP contribution in [-0.2, 0) is 6.32 Å². The second-order valence-electron chi connectivity index (χ2n) is 2.32. The van der Waals surface area contributed by atoms with E-state index in [1.54, 1.807) is 24.3 Å². The number of hydrogen-bond acceptors (Lipinski definition) is 2. The van der Waals surface area contributed by atoms with E-state index >= 15 is 0 Å². The van der Waals surface area contributed by atoms with Crippen LogP contribution in [-0.4, -0.2) is 25.0 Å². The van der Waals surface area contributed by atoms with Crippen molar-refractivity contribution >= 4 is 20.4 Å². The summed E-state index contributed by atoms with van der Waals surface area (Å²) in [6.07, 6.45) is 0.474. The van der Waals surface area contributed by atoms with E-state index in [1.807, 2.05) is 0 Å². The summed E-state index contributed by atoms with van der Waals surface area (Å²) in [5.74, 6) is 0. The van der Waals surface area contributed by atoms with Gasteiger partial charge in [0, 0.05) is 0 Å². The van der Waals surface area contributed by atoms with E-state index in [-0.39, 0.29) is 0 Å². The zero-order valence-corrected chi connectivity index (χ0v) is 6.07. The predicted octanol–water partition coefficient (Wildman–Crippen LogP) is -0.965. The molecule has 0 aliphatic rings. The van der Waals surface area contributed by atoms with Crippen LogP contribution in [0.5, 0.6) is 0 Å². The van der Waals surface area contributed by atoms with Gasteiger partial charge < -0.3 is 10.0 Å². The highest BCUT2D eigenvalue weighted by Crippen LogP contribution is 1.95. The maximum absolute atomic E-state index is 8.71. The third-order valence-electron chi connectivity index (χ3n) is 1.51. The van der Waals surface area contributed by atoms with Crippen LogP contribution in [0.15, 0.2) is 24.3 Å². The Balaban J connectivity index is 2.83. The summed E-state index contributed by atoms with van der Waals surface area (Å²) in [5.41, 5.74) is 1.47. The van der Waals surface area contributed by atoms with Crippen molar-refractivity contribution in [2.24, 2.45) is 0 Å². The highest BCUT2D eigenvalue weighted by atomic mass is 16.4. The van der Waals surface area contributed by atoms with E-state index in [4.69, 9.17) is 17.9 Å². The molecule has 0 saturated heterocycles.